The van der Waals surface area contributed by atoms with Crippen molar-refractivity contribution in [2.24, 2.45) is 5.92 Å². The van der Waals surface area contributed by atoms with Crippen molar-refractivity contribution in [1.29, 1.82) is 0 Å². The molecule has 2 saturated heterocycles. The first kappa shape index (κ1) is 10.7. The molecule has 4 aliphatic rings. The minimum atomic E-state index is 0.444. The fourth-order valence-corrected chi connectivity index (χ4v) is 5.83. The topological polar surface area (TPSA) is 15.3 Å². The maximum atomic E-state index is 3.86. The highest BCUT2D eigenvalue weighted by molar-refractivity contribution is 5.64. The first-order valence-corrected chi connectivity index (χ1v) is 8.00. The van der Waals surface area contributed by atoms with Crippen molar-refractivity contribution in [3.8, 4) is 0 Å². The Morgan fingerprint density at radius 3 is 3.05 bits per heavy atom. The van der Waals surface area contributed by atoms with E-state index in [4.69, 9.17) is 0 Å². The Balaban J connectivity index is 1.71. The molecule has 1 saturated carbocycles. The number of anilines is 1. The molecule has 100 valence electrons. The zero-order valence-electron chi connectivity index (χ0n) is 11.4. The van der Waals surface area contributed by atoms with Gasteiger partial charge in [0, 0.05) is 23.2 Å². The fraction of sp³-hybridized carbons (Fsp3) is 0.647. The van der Waals surface area contributed by atoms with Crippen LogP contribution in [0.2, 0.25) is 0 Å². The summed E-state index contributed by atoms with van der Waals surface area (Å²) in [5.41, 5.74) is 3.51. The van der Waals surface area contributed by atoms with E-state index < -0.39 is 0 Å². The quantitative estimate of drug-likeness (QED) is 0.765. The largest absolute Gasteiger partial charge is 0.381 e. The van der Waals surface area contributed by atoms with E-state index in [9.17, 15) is 0 Å². The third-order valence-corrected chi connectivity index (χ3v) is 6.41. The van der Waals surface area contributed by atoms with Crippen molar-refractivity contribution < 1.29 is 0 Å². The summed E-state index contributed by atoms with van der Waals surface area (Å²) in [6.07, 6.45) is 7.09. The second kappa shape index (κ2) is 3.54. The third kappa shape index (κ3) is 1.17. The third-order valence-electron chi connectivity index (χ3n) is 6.41. The Hall–Kier alpha value is -1.02. The Labute approximate surface area is 115 Å². The van der Waals surface area contributed by atoms with Gasteiger partial charge in [-0.2, -0.15) is 0 Å². The lowest BCUT2D eigenvalue weighted by atomic mass is 9.60. The molecule has 1 N–H and O–H groups in total. The predicted molar refractivity (Wildman–Crippen MR) is 77.5 cm³/mol. The molecule has 0 radical (unpaired) electrons. The van der Waals surface area contributed by atoms with Gasteiger partial charge in [-0.3, -0.25) is 4.90 Å². The van der Waals surface area contributed by atoms with E-state index in [0.29, 0.717) is 11.5 Å². The van der Waals surface area contributed by atoms with Gasteiger partial charge in [-0.1, -0.05) is 18.2 Å². The molecule has 2 nitrogen and oxygen atoms in total. The second-order valence-electron chi connectivity index (χ2n) is 6.99. The van der Waals surface area contributed by atoms with Crippen LogP contribution < -0.4 is 5.32 Å². The van der Waals surface area contributed by atoms with Gasteiger partial charge in [0.1, 0.15) is 0 Å². The van der Waals surface area contributed by atoms with E-state index in [2.05, 4.69) is 34.5 Å². The molecule has 1 aromatic rings. The summed E-state index contributed by atoms with van der Waals surface area (Å²) in [7, 11) is 0. The standard InChI is InChI=1S/C17H22N2/c1-2-6-14-13(5-1)17-9-11-19-10-3-4-12(16(17)19)7-8-15(17)18-14/h1-2,5-6,12,15-16,18H,3-4,7-11H2/t12-,15+,16+,17+/m0/s1. The molecule has 3 aliphatic heterocycles. The molecule has 0 amide bonds. The van der Waals surface area contributed by atoms with Gasteiger partial charge >= 0.3 is 0 Å². The van der Waals surface area contributed by atoms with Crippen LogP contribution in [0.3, 0.4) is 0 Å². The summed E-state index contributed by atoms with van der Waals surface area (Å²) < 4.78 is 0. The first-order chi connectivity index (χ1) is 9.39. The fourth-order valence-electron chi connectivity index (χ4n) is 5.83. The van der Waals surface area contributed by atoms with Gasteiger partial charge in [0.2, 0.25) is 0 Å². The van der Waals surface area contributed by atoms with Gasteiger partial charge in [0.05, 0.1) is 0 Å². The van der Waals surface area contributed by atoms with E-state index >= 15 is 0 Å². The smallest absolute Gasteiger partial charge is 0.0382 e. The second-order valence-corrected chi connectivity index (χ2v) is 6.99. The minimum absolute atomic E-state index is 0.444. The van der Waals surface area contributed by atoms with E-state index in [1.807, 2.05) is 0 Å². The van der Waals surface area contributed by atoms with Crippen molar-refractivity contribution >= 4 is 5.69 Å². The highest BCUT2D eigenvalue weighted by Gasteiger charge is 2.61. The van der Waals surface area contributed by atoms with Crippen molar-refractivity contribution in [1.82, 2.24) is 4.90 Å². The number of piperidine rings is 1. The Morgan fingerprint density at radius 1 is 1.11 bits per heavy atom. The van der Waals surface area contributed by atoms with E-state index in [1.54, 1.807) is 5.56 Å². The molecule has 2 heteroatoms. The zero-order chi connectivity index (χ0) is 12.4. The van der Waals surface area contributed by atoms with Gasteiger partial charge in [-0.25, -0.2) is 0 Å². The van der Waals surface area contributed by atoms with Crippen LogP contribution in [0.15, 0.2) is 24.3 Å². The number of benzene rings is 1. The predicted octanol–water partition coefficient (Wildman–Crippen LogP) is 3.00. The number of rotatable bonds is 0. The van der Waals surface area contributed by atoms with Crippen molar-refractivity contribution in [3.63, 3.8) is 0 Å². The molecule has 1 spiro atoms. The molecule has 1 aliphatic carbocycles. The van der Waals surface area contributed by atoms with Crippen molar-refractivity contribution in [3.05, 3.63) is 29.8 Å². The van der Waals surface area contributed by atoms with Crippen LogP contribution in [0.1, 0.15) is 37.7 Å². The van der Waals surface area contributed by atoms with Crippen LogP contribution in [0.5, 0.6) is 0 Å². The van der Waals surface area contributed by atoms with Crippen molar-refractivity contribution in [2.45, 2.75) is 49.6 Å². The van der Waals surface area contributed by atoms with Gasteiger partial charge in [0.25, 0.3) is 0 Å². The molecule has 19 heavy (non-hydrogen) atoms. The van der Waals surface area contributed by atoms with Crippen LogP contribution in [-0.2, 0) is 5.41 Å². The number of nitrogens with one attached hydrogen (secondary N) is 1. The molecule has 4 atom stereocenters. The summed E-state index contributed by atoms with van der Waals surface area (Å²) >= 11 is 0. The molecule has 1 aromatic carbocycles. The number of hydrogen-bond acceptors (Lipinski definition) is 2. The van der Waals surface area contributed by atoms with Crippen LogP contribution in [0, 0.1) is 5.92 Å². The lowest BCUT2D eigenvalue weighted by Crippen LogP contribution is -2.58. The maximum absolute atomic E-state index is 3.86. The maximum Gasteiger partial charge on any atom is 0.0382 e. The number of hydrogen-bond donors (Lipinski definition) is 1. The summed E-state index contributed by atoms with van der Waals surface area (Å²) in [5, 5.41) is 3.86. The molecular weight excluding hydrogens is 232 g/mol. The highest BCUT2D eigenvalue weighted by Crippen LogP contribution is 2.58. The lowest BCUT2D eigenvalue weighted by Gasteiger charge is -2.50. The average molecular weight is 254 g/mol. The highest BCUT2D eigenvalue weighted by atomic mass is 15.2. The van der Waals surface area contributed by atoms with E-state index in [0.717, 1.165) is 12.0 Å². The minimum Gasteiger partial charge on any atom is -0.381 e. The Morgan fingerprint density at radius 2 is 2.05 bits per heavy atom. The van der Waals surface area contributed by atoms with Gasteiger partial charge in [0.15, 0.2) is 0 Å². The average Bonchev–Trinajstić information content (AvgIpc) is 3.00. The SMILES string of the molecule is c1ccc2c(c1)N[C@@H]1CC[C@@H]3CCCN4CC[C@@]21[C@@H]34. The summed E-state index contributed by atoms with van der Waals surface area (Å²) in [4.78, 5) is 2.82. The normalized spacial score (nSPS) is 43.3. The van der Waals surface area contributed by atoms with Gasteiger partial charge < -0.3 is 5.32 Å². The van der Waals surface area contributed by atoms with Gasteiger partial charge in [-0.15, -0.1) is 0 Å². The molecular formula is C17H22N2. The van der Waals surface area contributed by atoms with Crippen LogP contribution in [0.4, 0.5) is 5.69 Å². The molecule has 3 fully saturated rings. The van der Waals surface area contributed by atoms with E-state index in [-0.39, 0.29) is 0 Å². The lowest BCUT2D eigenvalue weighted by molar-refractivity contribution is 0.0548. The summed E-state index contributed by atoms with van der Waals surface area (Å²) in [6.45, 7) is 2.67. The first-order valence-electron chi connectivity index (χ1n) is 8.00. The summed E-state index contributed by atoms with van der Waals surface area (Å²) in [6, 6.07) is 10.7. The number of para-hydroxylation sites is 1. The monoisotopic (exact) mass is 254 g/mol. The van der Waals surface area contributed by atoms with Crippen LogP contribution in [0.25, 0.3) is 0 Å². The zero-order valence-corrected chi connectivity index (χ0v) is 11.4. The number of fused-ring (bicyclic) bond motifs is 1. The Bertz CT molecular complexity index is 526. The Kier molecular flexibility index (Phi) is 2.00. The molecule has 0 bridgehead atoms. The molecule has 0 unspecified atom stereocenters. The number of nitrogens with zero attached hydrogens (tertiary/aromatic N) is 1. The van der Waals surface area contributed by atoms with Crippen molar-refractivity contribution in [2.75, 3.05) is 18.4 Å². The van der Waals surface area contributed by atoms with Crippen LogP contribution >= 0.6 is 0 Å². The molecule has 5 rings (SSSR count). The van der Waals surface area contributed by atoms with E-state index in [1.165, 1.54) is 50.9 Å². The van der Waals surface area contributed by atoms with Gasteiger partial charge in [-0.05, 0) is 62.7 Å². The molecule has 3 heterocycles. The van der Waals surface area contributed by atoms with Crippen LogP contribution in [-0.4, -0.2) is 30.1 Å². The summed E-state index contributed by atoms with van der Waals surface area (Å²) in [5.74, 6) is 0.959. The molecule has 0 aromatic heterocycles.